The van der Waals surface area contributed by atoms with Gasteiger partial charge in [-0.1, -0.05) is 27.5 Å². The van der Waals surface area contributed by atoms with Crippen LogP contribution in [-0.2, 0) is 0 Å². The van der Waals surface area contributed by atoms with Gasteiger partial charge in [0.05, 0.1) is 0 Å². The second kappa shape index (κ2) is 6.29. The van der Waals surface area contributed by atoms with Crippen LogP contribution in [-0.4, -0.2) is 6.03 Å². The molecule has 0 spiro atoms. The molecule has 20 heavy (non-hydrogen) atoms. The number of hydrogen-bond donors (Lipinski definition) is 2. The molecule has 0 radical (unpaired) electrons. The van der Waals surface area contributed by atoms with Crippen molar-refractivity contribution in [1.29, 1.82) is 0 Å². The first-order valence-corrected chi connectivity index (χ1v) is 7.23. The number of aryl methyl sites for hydroxylation is 2. The summed E-state index contributed by atoms with van der Waals surface area (Å²) >= 11 is 9.29. The first-order chi connectivity index (χ1) is 9.45. The first kappa shape index (κ1) is 14.9. The highest BCUT2D eigenvalue weighted by Gasteiger charge is 2.06. The van der Waals surface area contributed by atoms with E-state index in [9.17, 15) is 4.79 Å². The molecule has 0 heterocycles. The van der Waals surface area contributed by atoms with Crippen molar-refractivity contribution in [2.75, 3.05) is 10.6 Å². The number of nitrogens with one attached hydrogen (secondary N) is 2. The maximum atomic E-state index is 11.9. The summed E-state index contributed by atoms with van der Waals surface area (Å²) in [6.45, 7) is 3.97. The summed E-state index contributed by atoms with van der Waals surface area (Å²) in [6.07, 6.45) is 0. The Balaban J connectivity index is 2.06. The number of rotatable bonds is 2. The van der Waals surface area contributed by atoms with Crippen molar-refractivity contribution in [3.05, 3.63) is 57.0 Å². The van der Waals surface area contributed by atoms with Crippen molar-refractivity contribution in [1.82, 2.24) is 0 Å². The van der Waals surface area contributed by atoms with Crippen LogP contribution in [0.25, 0.3) is 0 Å². The van der Waals surface area contributed by atoms with Crippen LogP contribution in [0.3, 0.4) is 0 Å². The fourth-order valence-electron chi connectivity index (χ4n) is 1.84. The third kappa shape index (κ3) is 3.74. The zero-order valence-corrected chi connectivity index (χ0v) is 13.5. The number of carbonyl (C=O) groups is 1. The molecule has 0 fully saturated rings. The van der Waals surface area contributed by atoms with Crippen molar-refractivity contribution in [2.24, 2.45) is 0 Å². The van der Waals surface area contributed by atoms with E-state index in [1.807, 2.05) is 26.0 Å². The average Bonchev–Trinajstić information content (AvgIpc) is 2.38. The van der Waals surface area contributed by atoms with E-state index in [1.54, 1.807) is 24.3 Å². The van der Waals surface area contributed by atoms with Crippen LogP contribution in [0.5, 0.6) is 0 Å². The molecule has 5 heteroatoms. The summed E-state index contributed by atoms with van der Waals surface area (Å²) < 4.78 is 1.06. The number of amides is 2. The largest absolute Gasteiger partial charge is 0.323 e. The molecule has 0 aliphatic carbocycles. The minimum atomic E-state index is -0.284. The topological polar surface area (TPSA) is 41.1 Å². The van der Waals surface area contributed by atoms with Crippen molar-refractivity contribution in [2.45, 2.75) is 13.8 Å². The Bertz CT molecular complexity index is 618. The molecule has 0 aromatic heterocycles. The lowest BCUT2D eigenvalue weighted by Crippen LogP contribution is -2.19. The summed E-state index contributed by atoms with van der Waals surface area (Å²) in [5.74, 6) is 0. The van der Waals surface area contributed by atoms with E-state index < -0.39 is 0 Å². The SMILES string of the molecule is Cc1cc(NC(=O)Nc2ccc(Cl)cc2)cc(C)c1Br. The minimum absolute atomic E-state index is 0.284. The zero-order valence-electron chi connectivity index (χ0n) is 11.1. The molecule has 0 aliphatic heterocycles. The maximum absolute atomic E-state index is 11.9. The molecule has 2 rings (SSSR count). The average molecular weight is 354 g/mol. The van der Waals surface area contributed by atoms with Gasteiger partial charge in [-0.3, -0.25) is 0 Å². The van der Waals surface area contributed by atoms with Gasteiger partial charge in [-0.15, -0.1) is 0 Å². The van der Waals surface area contributed by atoms with Crippen LogP contribution in [0.4, 0.5) is 16.2 Å². The number of anilines is 2. The van der Waals surface area contributed by atoms with Gasteiger partial charge in [0, 0.05) is 20.9 Å². The number of hydrogen-bond acceptors (Lipinski definition) is 1. The molecule has 2 amide bonds. The van der Waals surface area contributed by atoms with Crippen LogP contribution >= 0.6 is 27.5 Å². The third-order valence-corrected chi connectivity index (χ3v) is 4.30. The van der Waals surface area contributed by atoms with E-state index in [-0.39, 0.29) is 6.03 Å². The predicted octanol–water partition coefficient (Wildman–Crippen LogP) is 5.36. The normalized spacial score (nSPS) is 10.2. The van der Waals surface area contributed by atoms with Gasteiger partial charge in [-0.25, -0.2) is 4.79 Å². The lowest BCUT2D eigenvalue weighted by atomic mass is 10.1. The summed E-state index contributed by atoms with van der Waals surface area (Å²) in [5, 5.41) is 6.20. The summed E-state index contributed by atoms with van der Waals surface area (Å²) in [7, 11) is 0. The van der Waals surface area contributed by atoms with Crippen LogP contribution in [0.15, 0.2) is 40.9 Å². The lowest BCUT2D eigenvalue weighted by Gasteiger charge is -2.11. The number of carbonyl (C=O) groups excluding carboxylic acids is 1. The predicted molar refractivity (Wildman–Crippen MR) is 87.7 cm³/mol. The van der Waals surface area contributed by atoms with Gasteiger partial charge in [0.1, 0.15) is 0 Å². The summed E-state index contributed by atoms with van der Waals surface area (Å²) in [4.78, 5) is 11.9. The Labute approximate surface area is 131 Å². The number of benzene rings is 2. The van der Waals surface area contributed by atoms with E-state index in [0.29, 0.717) is 10.7 Å². The van der Waals surface area contributed by atoms with Gasteiger partial charge in [-0.2, -0.15) is 0 Å². The van der Waals surface area contributed by atoms with Gasteiger partial charge < -0.3 is 10.6 Å². The van der Waals surface area contributed by atoms with E-state index in [1.165, 1.54) is 0 Å². The van der Waals surface area contributed by atoms with Crippen LogP contribution < -0.4 is 10.6 Å². The maximum Gasteiger partial charge on any atom is 0.323 e. The van der Waals surface area contributed by atoms with Crippen molar-refractivity contribution in [3.8, 4) is 0 Å². The highest BCUT2D eigenvalue weighted by Crippen LogP contribution is 2.25. The molecule has 0 atom stereocenters. The van der Waals surface area contributed by atoms with E-state index in [2.05, 4.69) is 26.6 Å². The molecule has 2 N–H and O–H groups in total. The lowest BCUT2D eigenvalue weighted by molar-refractivity contribution is 0.262. The van der Waals surface area contributed by atoms with Crippen molar-refractivity contribution in [3.63, 3.8) is 0 Å². The second-order valence-electron chi connectivity index (χ2n) is 4.51. The highest BCUT2D eigenvalue weighted by atomic mass is 79.9. The van der Waals surface area contributed by atoms with Crippen molar-refractivity contribution >= 4 is 44.9 Å². The monoisotopic (exact) mass is 352 g/mol. The third-order valence-electron chi connectivity index (χ3n) is 2.80. The molecular formula is C15H14BrClN2O. The Hall–Kier alpha value is -1.52. The number of urea groups is 1. The van der Waals surface area contributed by atoms with E-state index in [0.717, 1.165) is 21.3 Å². The molecular weight excluding hydrogens is 340 g/mol. The molecule has 3 nitrogen and oxygen atoms in total. The molecule has 104 valence electrons. The second-order valence-corrected chi connectivity index (χ2v) is 5.74. The van der Waals surface area contributed by atoms with Gasteiger partial charge in [0.15, 0.2) is 0 Å². The van der Waals surface area contributed by atoms with Gasteiger partial charge in [-0.05, 0) is 61.4 Å². The Morgan fingerprint density at radius 3 is 2.05 bits per heavy atom. The fraction of sp³-hybridized carbons (Fsp3) is 0.133. The van der Waals surface area contributed by atoms with Crippen molar-refractivity contribution < 1.29 is 4.79 Å². The first-order valence-electron chi connectivity index (χ1n) is 6.06. The molecule has 2 aromatic rings. The summed E-state index contributed by atoms with van der Waals surface area (Å²) in [5.41, 5.74) is 3.60. The minimum Gasteiger partial charge on any atom is -0.308 e. The standard InChI is InChI=1S/C15H14BrClN2O/c1-9-7-13(8-10(2)14(9)16)19-15(20)18-12-5-3-11(17)4-6-12/h3-8H,1-2H3,(H2,18,19,20). The van der Waals surface area contributed by atoms with Crippen LogP contribution in [0.2, 0.25) is 5.02 Å². The molecule has 0 saturated heterocycles. The quantitative estimate of drug-likeness (QED) is 0.749. The number of halogens is 2. The molecule has 0 aliphatic rings. The Morgan fingerprint density at radius 2 is 1.50 bits per heavy atom. The molecule has 0 bridgehead atoms. The summed E-state index contributed by atoms with van der Waals surface area (Å²) in [6, 6.07) is 10.5. The van der Waals surface area contributed by atoms with Gasteiger partial charge >= 0.3 is 6.03 Å². The Morgan fingerprint density at radius 1 is 1.00 bits per heavy atom. The molecule has 0 unspecified atom stereocenters. The smallest absolute Gasteiger partial charge is 0.308 e. The zero-order chi connectivity index (χ0) is 14.7. The van der Waals surface area contributed by atoms with Gasteiger partial charge in [0.25, 0.3) is 0 Å². The van der Waals surface area contributed by atoms with E-state index >= 15 is 0 Å². The Kier molecular flexibility index (Phi) is 4.68. The highest BCUT2D eigenvalue weighted by molar-refractivity contribution is 9.10. The van der Waals surface area contributed by atoms with Crippen LogP contribution in [0, 0.1) is 13.8 Å². The molecule has 2 aromatic carbocycles. The van der Waals surface area contributed by atoms with Gasteiger partial charge in [0.2, 0.25) is 0 Å². The van der Waals surface area contributed by atoms with E-state index in [4.69, 9.17) is 11.6 Å². The fourth-order valence-corrected chi connectivity index (χ4v) is 2.20. The van der Waals surface area contributed by atoms with Crippen LogP contribution in [0.1, 0.15) is 11.1 Å². The molecule has 0 saturated carbocycles.